The van der Waals surface area contributed by atoms with Gasteiger partial charge in [0.1, 0.15) is 5.03 Å². The third-order valence-electron chi connectivity index (χ3n) is 3.52. The zero-order valence-electron chi connectivity index (χ0n) is 12.8. The summed E-state index contributed by atoms with van der Waals surface area (Å²) in [6.07, 6.45) is 2.56. The minimum atomic E-state index is -0.171. The molecule has 1 unspecified atom stereocenters. The van der Waals surface area contributed by atoms with Crippen molar-refractivity contribution in [3.63, 3.8) is 0 Å². The lowest BCUT2D eigenvalue weighted by molar-refractivity contribution is 0.577. The lowest BCUT2D eigenvalue weighted by Crippen LogP contribution is -2.01. The van der Waals surface area contributed by atoms with Crippen LogP contribution in [0, 0.1) is 28.6 Å². The highest BCUT2D eigenvalue weighted by Gasteiger charge is 2.14. The molecule has 0 aliphatic rings. The van der Waals surface area contributed by atoms with E-state index < -0.39 is 0 Å². The van der Waals surface area contributed by atoms with E-state index in [4.69, 9.17) is 9.68 Å². The van der Waals surface area contributed by atoms with Crippen molar-refractivity contribution in [1.82, 2.24) is 9.97 Å². The van der Waals surface area contributed by atoms with Gasteiger partial charge in [-0.25, -0.2) is 9.97 Å². The Balaban J connectivity index is 1.91. The number of para-hydroxylation sites is 1. The van der Waals surface area contributed by atoms with Gasteiger partial charge in [0.05, 0.1) is 29.8 Å². The molecule has 0 spiro atoms. The molecule has 0 fully saturated rings. The molecular weight excluding hydrogens is 320 g/mol. The predicted molar refractivity (Wildman–Crippen MR) is 91.9 cm³/mol. The highest BCUT2D eigenvalue weighted by atomic mass is 32.2. The van der Waals surface area contributed by atoms with Gasteiger partial charge in [-0.1, -0.05) is 18.2 Å². The molecule has 1 aromatic carbocycles. The van der Waals surface area contributed by atoms with Gasteiger partial charge in [-0.15, -0.1) is 11.8 Å². The summed E-state index contributed by atoms with van der Waals surface area (Å²) in [5, 5.41) is 19.7. The topological polar surface area (TPSA) is 86.5 Å². The van der Waals surface area contributed by atoms with Crippen LogP contribution in [0.5, 0.6) is 0 Å². The Bertz CT molecular complexity index is 909. The van der Waals surface area contributed by atoms with E-state index in [0.29, 0.717) is 30.2 Å². The molecule has 0 aliphatic carbocycles. The molecule has 6 heteroatoms. The van der Waals surface area contributed by atoms with Crippen molar-refractivity contribution in [2.75, 3.05) is 5.75 Å². The van der Waals surface area contributed by atoms with E-state index in [2.05, 4.69) is 22.1 Å². The average molecular weight is 334 g/mol. The lowest BCUT2D eigenvalue weighted by atomic mass is 10.1. The minimum Gasteiger partial charge on any atom is -0.461 e. The maximum Gasteiger partial charge on any atom is 0.197 e. The van der Waals surface area contributed by atoms with Gasteiger partial charge in [-0.05, 0) is 24.6 Å². The summed E-state index contributed by atoms with van der Waals surface area (Å²) in [5.74, 6) is 1.57. The van der Waals surface area contributed by atoms with Crippen molar-refractivity contribution >= 4 is 22.7 Å². The van der Waals surface area contributed by atoms with Crippen LogP contribution in [0.15, 0.2) is 52.1 Å². The summed E-state index contributed by atoms with van der Waals surface area (Å²) in [6, 6.07) is 15.8. The Morgan fingerprint density at radius 3 is 2.75 bits per heavy atom. The number of furan rings is 1. The summed E-state index contributed by atoms with van der Waals surface area (Å²) >= 11 is 1.52. The summed E-state index contributed by atoms with van der Waals surface area (Å²) in [4.78, 5) is 9.16. The number of fused-ring (bicyclic) bond motifs is 1. The molecule has 0 aliphatic heterocycles. The monoisotopic (exact) mass is 334 g/mol. The first-order chi connectivity index (χ1) is 11.8. The van der Waals surface area contributed by atoms with Gasteiger partial charge in [-0.2, -0.15) is 10.5 Å². The second-order valence-electron chi connectivity index (χ2n) is 5.18. The van der Waals surface area contributed by atoms with Crippen molar-refractivity contribution in [3.05, 3.63) is 42.7 Å². The second-order valence-corrected chi connectivity index (χ2v) is 6.19. The van der Waals surface area contributed by atoms with Crippen LogP contribution in [0.4, 0.5) is 0 Å². The molecule has 3 rings (SSSR count). The molecule has 5 nitrogen and oxygen atoms in total. The predicted octanol–water partition coefficient (Wildman–Crippen LogP) is 4.43. The zero-order chi connectivity index (χ0) is 16.8. The van der Waals surface area contributed by atoms with Crippen LogP contribution in [-0.4, -0.2) is 15.7 Å². The summed E-state index contributed by atoms with van der Waals surface area (Å²) < 4.78 is 5.40. The largest absolute Gasteiger partial charge is 0.461 e. The van der Waals surface area contributed by atoms with Crippen molar-refractivity contribution in [2.24, 2.45) is 5.92 Å². The minimum absolute atomic E-state index is 0.171. The Morgan fingerprint density at radius 1 is 1.12 bits per heavy atom. The quantitative estimate of drug-likeness (QED) is 0.490. The molecule has 1 atom stereocenters. The molecule has 2 aromatic heterocycles. The zero-order valence-corrected chi connectivity index (χ0v) is 13.7. The number of benzene rings is 1. The fraction of sp³-hybridized carbons (Fsp3) is 0.222. The molecule has 0 saturated carbocycles. The Kier molecular flexibility index (Phi) is 5.10. The average Bonchev–Trinajstić information content (AvgIpc) is 3.16. The van der Waals surface area contributed by atoms with Crippen LogP contribution >= 0.6 is 11.8 Å². The van der Waals surface area contributed by atoms with E-state index in [1.165, 1.54) is 11.8 Å². The molecule has 0 N–H and O–H groups in total. The summed E-state index contributed by atoms with van der Waals surface area (Å²) in [6.45, 7) is 0. The SMILES string of the molecule is N#CCCC(C#N)CSc1nc(-c2ccco2)nc2ccccc12. The molecular formula is C18H14N4OS. The van der Waals surface area contributed by atoms with Crippen LogP contribution < -0.4 is 0 Å². The van der Waals surface area contributed by atoms with E-state index in [1.54, 1.807) is 12.3 Å². The van der Waals surface area contributed by atoms with Gasteiger partial charge in [0.25, 0.3) is 0 Å². The number of rotatable bonds is 6. The maximum atomic E-state index is 9.23. The number of thioether (sulfide) groups is 1. The molecule has 0 bridgehead atoms. The van der Waals surface area contributed by atoms with Crippen LogP contribution in [0.3, 0.4) is 0 Å². The third kappa shape index (κ3) is 3.56. The van der Waals surface area contributed by atoms with E-state index in [1.807, 2.05) is 30.3 Å². The fourth-order valence-electron chi connectivity index (χ4n) is 2.28. The van der Waals surface area contributed by atoms with Crippen molar-refractivity contribution in [1.29, 1.82) is 10.5 Å². The van der Waals surface area contributed by atoms with E-state index in [-0.39, 0.29) is 5.92 Å². The first-order valence-electron chi connectivity index (χ1n) is 7.52. The molecule has 2 heterocycles. The van der Waals surface area contributed by atoms with E-state index in [9.17, 15) is 5.26 Å². The van der Waals surface area contributed by atoms with Crippen molar-refractivity contribution in [2.45, 2.75) is 17.9 Å². The summed E-state index contributed by atoms with van der Waals surface area (Å²) in [5.41, 5.74) is 0.840. The Hall–Kier alpha value is -2.83. The standard InChI is InChI=1S/C18H14N4OS/c19-9-3-5-13(11-20)12-24-18-14-6-1-2-7-15(14)21-17(22-18)16-8-4-10-23-16/h1-2,4,6-8,10,13H,3,5,12H2. The molecule has 24 heavy (non-hydrogen) atoms. The highest BCUT2D eigenvalue weighted by Crippen LogP contribution is 2.30. The first-order valence-corrected chi connectivity index (χ1v) is 8.50. The first kappa shape index (κ1) is 16.0. The molecule has 3 aromatic rings. The van der Waals surface area contributed by atoms with Crippen LogP contribution in [0.1, 0.15) is 12.8 Å². The fourth-order valence-corrected chi connectivity index (χ4v) is 3.36. The maximum absolute atomic E-state index is 9.23. The smallest absolute Gasteiger partial charge is 0.197 e. The Labute approximate surface area is 144 Å². The molecule has 0 radical (unpaired) electrons. The molecule has 0 saturated heterocycles. The number of aromatic nitrogens is 2. The van der Waals surface area contributed by atoms with Gasteiger partial charge < -0.3 is 4.42 Å². The van der Waals surface area contributed by atoms with Gasteiger partial charge >= 0.3 is 0 Å². The van der Waals surface area contributed by atoms with Crippen molar-refractivity contribution < 1.29 is 4.42 Å². The van der Waals surface area contributed by atoms with Crippen molar-refractivity contribution in [3.8, 4) is 23.7 Å². The number of nitrogens with zero attached hydrogens (tertiary/aromatic N) is 4. The third-order valence-corrected chi connectivity index (χ3v) is 4.67. The number of hydrogen-bond donors (Lipinski definition) is 0. The van der Waals surface area contributed by atoms with E-state index >= 15 is 0 Å². The van der Waals surface area contributed by atoms with Gasteiger partial charge in [0, 0.05) is 17.6 Å². The highest BCUT2D eigenvalue weighted by molar-refractivity contribution is 7.99. The second kappa shape index (κ2) is 7.63. The molecule has 118 valence electrons. The van der Waals surface area contributed by atoms with Crippen LogP contribution in [-0.2, 0) is 0 Å². The normalized spacial score (nSPS) is 11.8. The van der Waals surface area contributed by atoms with Gasteiger partial charge in [0.15, 0.2) is 11.6 Å². The summed E-state index contributed by atoms with van der Waals surface area (Å²) in [7, 11) is 0. The van der Waals surface area contributed by atoms with Crippen LogP contribution in [0.25, 0.3) is 22.5 Å². The molecule has 0 amide bonds. The number of nitriles is 2. The Morgan fingerprint density at radius 2 is 2.00 bits per heavy atom. The van der Waals surface area contributed by atoms with Crippen LogP contribution in [0.2, 0.25) is 0 Å². The van der Waals surface area contributed by atoms with Gasteiger partial charge in [0.2, 0.25) is 0 Å². The van der Waals surface area contributed by atoms with Gasteiger partial charge in [-0.3, -0.25) is 0 Å². The van der Waals surface area contributed by atoms with E-state index in [0.717, 1.165) is 15.9 Å². The lowest BCUT2D eigenvalue weighted by Gasteiger charge is -2.09. The number of hydrogen-bond acceptors (Lipinski definition) is 6.